The van der Waals surface area contributed by atoms with Gasteiger partial charge in [0, 0.05) is 31.0 Å². The first-order valence-electron chi connectivity index (χ1n) is 11.4. The Morgan fingerprint density at radius 3 is 2.47 bits per heavy atom. The Balaban J connectivity index is 1.39. The summed E-state index contributed by atoms with van der Waals surface area (Å²) in [5, 5.41) is 12.5. The van der Waals surface area contributed by atoms with Crippen molar-refractivity contribution in [3.05, 3.63) is 71.6 Å². The molecule has 0 aromatic heterocycles. The first-order valence-corrected chi connectivity index (χ1v) is 11.4. The van der Waals surface area contributed by atoms with Crippen LogP contribution in [-0.2, 0) is 4.74 Å². The minimum atomic E-state index is 0.671. The molecule has 0 spiro atoms. The molecule has 0 atom stereocenters. The third kappa shape index (κ3) is 4.40. The molecule has 3 aliphatic heterocycles. The van der Waals surface area contributed by atoms with E-state index in [0.717, 1.165) is 74.4 Å². The van der Waals surface area contributed by atoms with Gasteiger partial charge in [0.15, 0.2) is 5.84 Å². The van der Waals surface area contributed by atoms with Crippen molar-refractivity contribution in [1.29, 1.82) is 0 Å². The van der Waals surface area contributed by atoms with Crippen LogP contribution in [0.25, 0.3) is 0 Å². The molecular formula is C25H30N6O. The predicted octanol–water partition coefficient (Wildman–Crippen LogP) is 3.20. The van der Waals surface area contributed by atoms with Gasteiger partial charge in [0.2, 0.25) is 0 Å². The van der Waals surface area contributed by atoms with Gasteiger partial charge in [0.1, 0.15) is 12.5 Å². The molecule has 0 saturated carbocycles. The van der Waals surface area contributed by atoms with Gasteiger partial charge in [-0.1, -0.05) is 35.9 Å². The highest BCUT2D eigenvalue weighted by Gasteiger charge is 2.33. The van der Waals surface area contributed by atoms with Crippen LogP contribution in [0.1, 0.15) is 12.0 Å². The normalized spacial score (nSPS) is 18.7. The molecule has 0 radical (unpaired) electrons. The molecule has 0 unspecified atom stereocenters. The smallest absolute Gasteiger partial charge is 0.169 e. The quantitative estimate of drug-likeness (QED) is 0.684. The van der Waals surface area contributed by atoms with Crippen LogP contribution in [0.4, 0.5) is 11.4 Å². The van der Waals surface area contributed by atoms with E-state index in [0.29, 0.717) is 6.67 Å². The number of aryl methyl sites for hydroxylation is 1. The highest BCUT2D eigenvalue weighted by Crippen LogP contribution is 2.30. The first kappa shape index (κ1) is 20.7. The summed E-state index contributed by atoms with van der Waals surface area (Å²) < 4.78 is 5.46. The van der Waals surface area contributed by atoms with E-state index in [1.54, 1.807) is 0 Å². The molecule has 3 aliphatic rings. The molecule has 3 heterocycles. The van der Waals surface area contributed by atoms with Gasteiger partial charge >= 0.3 is 0 Å². The molecule has 5 rings (SSSR count). The van der Waals surface area contributed by atoms with E-state index in [-0.39, 0.29) is 0 Å². The molecule has 0 aliphatic carbocycles. The van der Waals surface area contributed by atoms with Crippen molar-refractivity contribution in [3.63, 3.8) is 0 Å². The van der Waals surface area contributed by atoms with Crippen LogP contribution < -0.4 is 15.1 Å². The van der Waals surface area contributed by atoms with E-state index < -0.39 is 0 Å². The molecule has 32 heavy (non-hydrogen) atoms. The molecule has 1 fully saturated rings. The van der Waals surface area contributed by atoms with E-state index in [1.165, 1.54) is 5.56 Å². The van der Waals surface area contributed by atoms with E-state index >= 15 is 0 Å². The third-order valence-electron chi connectivity index (χ3n) is 6.10. The number of para-hydroxylation sites is 1. The lowest BCUT2D eigenvalue weighted by Crippen LogP contribution is -2.51. The summed E-state index contributed by atoms with van der Waals surface area (Å²) in [5.74, 6) is 1.97. The Kier molecular flexibility index (Phi) is 6.18. The Hall–Kier alpha value is -3.16. The number of anilines is 2. The average Bonchev–Trinajstić information content (AvgIpc) is 3.33. The molecule has 0 bridgehead atoms. The maximum absolute atomic E-state index is 5.46. The summed E-state index contributed by atoms with van der Waals surface area (Å²) in [6, 6.07) is 19.1. The number of morpholine rings is 1. The molecule has 7 heteroatoms. The fourth-order valence-corrected chi connectivity index (χ4v) is 4.32. The summed E-state index contributed by atoms with van der Waals surface area (Å²) >= 11 is 0. The molecule has 2 aromatic carbocycles. The van der Waals surface area contributed by atoms with Crippen molar-refractivity contribution >= 4 is 23.4 Å². The number of fused-ring (bicyclic) bond motifs is 1. The van der Waals surface area contributed by atoms with Crippen LogP contribution in [0.2, 0.25) is 0 Å². The molecular weight excluding hydrogens is 400 g/mol. The lowest BCUT2D eigenvalue weighted by atomic mass is 10.1. The van der Waals surface area contributed by atoms with Crippen LogP contribution in [0.3, 0.4) is 0 Å². The maximum atomic E-state index is 5.46. The van der Waals surface area contributed by atoms with Crippen molar-refractivity contribution in [2.45, 2.75) is 13.3 Å². The van der Waals surface area contributed by atoms with Gasteiger partial charge in [-0.3, -0.25) is 4.90 Å². The van der Waals surface area contributed by atoms with Crippen molar-refractivity contribution in [3.8, 4) is 0 Å². The first-order chi connectivity index (χ1) is 15.8. The van der Waals surface area contributed by atoms with E-state index in [4.69, 9.17) is 4.74 Å². The molecule has 7 nitrogen and oxygen atoms in total. The molecule has 0 amide bonds. The van der Waals surface area contributed by atoms with Crippen LogP contribution in [0.15, 0.2) is 76.2 Å². The second-order valence-corrected chi connectivity index (χ2v) is 8.33. The van der Waals surface area contributed by atoms with Gasteiger partial charge < -0.3 is 19.9 Å². The number of hydrogen-bond acceptors (Lipinski definition) is 7. The van der Waals surface area contributed by atoms with Crippen molar-refractivity contribution in [2.24, 2.45) is 10.2 Å². The fourth-order valence-electron chi connectivity index (χ4n) is 4.32. The number of ether oxygens (including phenoxy) is 1. The molecule has 2 aromatic rings. The highest BCUT2D eigenvalue weighted by atomic mass is 16.5. The number of nitrogens with zero attached hydrogens (tertiary/aromatic N) is 5. The fraction of sp³-hybridized carbons (Fsp3) is 0.360. The Morgan fingerprint density at radius 1 is 0.938 bits per heavy atom. The lowest BCUT2D eigenvalue weighted by molar-refractivity contribution is 0.0375. The Bertz CT molecular complexity index is 1010. The Labute approximate surface area is 189 Å². The van der Waals surface area contributed by atoms with Gasteiger partial charge in [0.25, 0.3) is 0 Å². The zero-order chi connectivity index (χ0) is 21.8. The average molecular weight is 431 g/mol. The van der Waals surface area contributed by atoms with Crippen LogP contribution in [-0.4, -0.2) is 63.0 Å². The summed E-state index contributed by atoms with van der Waals surface area (Å²) in [6.45, 7) is 8.50. The number of hydrogen-bond donors (Lipinski definition) is 1. The number of nitrogens with one attached hydrogen (secondary N) is 1. The van der Waals surface area contributed by atoms with Gasteiger partial charge in [-0.2, -0.15) is 5.10 Å². The lowest BCUT2D eigenvalue weighted by Gasteiger charge is -2.40. The molecule has 1 saturated heterocycles. The number of amidine groups is 1. The van der Waals surface area contributed by atoms with Gasteiger partial charge in [-0.05, 0) is 44.2 Å². The SMILES string of the molecule is Cc1ccc(N2CN(c3ccccc3)C3=NN=CC3=C2NCCCN2CCOCC2)cc1. The van der Waals surface area contributed by atoms with Crippen LogP contribution in [0.5, 0.6) is 0 Å². The second kappa shape index (κ2) is 9.54. The topological polar surface area (TPSA) is 55.7 Å². The van der Waals surface area contributed by atoms with Crippen LogP contribution >= 0.6 is 0 Å². The number of benzene rings is 2. The summed E-state index contributed by atoms with van der Waals surface area (Å²) in [7, 11) is 0. The van der Waals surface area contributed by atoms with Crippen LogP contribution in [0, 0.1) is 6.92 Å². The van der Waals surface area contributed by atoms with Crippen molar-refractivity contribution in [2.75, 3.05) is 55.9 Å². The summed E-state index contributed by atoms with van der Waals surface area (Å²) in [4.78, 5) is 7.02. The summed E-state index contributed by atoms with van der Waals surface area (Å²) in [6.07, 6.45) is 2.94. The largest absolute Gasteiger partial charge is 0.379 e. The zero-order valence-electron chi connectivity index (χ0n) is 18.6. The van der Waals surface area contributed by atoms with E-state index in [2.05, 4.69) is 85.7 Å². The highest BCUT2D eigenvalue weighted by molar-refractivity contribution is 6.25. The van der Waals surface area contributed by atoms with E-state index in [9.17, 15) is 0 Å². The van der Waals surface area contributed by atoms with Crippen molar-refractivity contribution in [1.82, 2.24) is 10.2 Å². The maximum Gasteiger partial charge on any atom is 0.169 e. The van der Waals surface area contributed by atoms with Gasteiger partial charge in [-0.25, -0.2) is 0 Å². The summed E-state index contributed by atoms with van der Waals surface area (Å²) in [5.41, 5.74) is 4.55. The standard InChI is InChI=1S/C25H30N6O/c1-20-8-10-22(11-9-20)30-19-31(21-6-3-2-4-7-21)25-23(18-27-28-25)24(30)26-12-5-13-29-14-16-32-17-15-29/h2-4,6-11,18,26H,5,12-17,19H2,1H3. The predicted molar refractivity (Wildman–Crippen MR) is 130 cm³/mol. The van der Waals surface area contributed by atoms with Gasteiger partial charge in [-0.15, -0.1) is 5.10 Å². The third-order valence-corrected chi connectivity index (χ3v) is 6.10. The molecule has 166 valence electrons. The minimum absolute atomic E-state index is 0.671. The second-order valence-electron chi connectivity index (χ2n) is 8.33. The Morgan fingerprint density at radius 2 is 1.69 bits per heavy atom. The number of rotatable bonds is 7. The van der Waals surface area contributed by atoms with E-state index in [1.807, 2.05) is 12.3 Å². The monoisotopic (exact) mass is 430 g/mol. The minimum Gasteiger partial charge on any atom is -0.379 e. The van der Waals surface area contributed by atoms with Gasteiger partial charge in [0.05, 0.1) is 25.0 Å². The zero-order valence-corrected chi connectivity index (χ0v) is 18.6. The molecule has 1 N–H and O–H groups in total. The van der Waals surface area contributed by atoms with Crippen molar-refractivity contribution < 1.29 is 4.74 Å².